The Labute approximate surface area is 223 Å². The summed E-state index contributed by atoms with van der Waals surface area (Å²) in [6.07, 6.45) is 2.95. The lowest BCUT2D eigenvalue weighted by atomic mass is 9.88. The smallest absolute Gasteiger partial charge is 0.253 e. The van der Waals surface area contributed by atoms with Crippen LogP contribution >= 0.6 is 11.3 Å². The second kappa shape index (κ2) is 10.6. The summed E-state index contributed by atoms with van der Waals surface area (Å²) in [6, 6.07) is 7.33. The second-order valence-electron chi connectivity index (χ2n) is 10.2. The molecular formula is C28H28F2N4O3S. The van der Waals surface area contributed by atoms with Crippen LogP contribution in [0.3, 0.4) is 0 Å². The normalized spacial score (nSPS) is 20.4. The summed E-state index contributed by atoms with van der Waals surface area (Å²) < 4.78 is 29.1. The van der Waals surface area contributed by atoms with E-state index in [9.17, 15) is 18.8 Å². The largest absolute Gasteiger partial charge is 0.342 e. The number of carbonyl (C=O) groups excluding carboxylic acids is 3. The Morgan fingerprint density at radius 2 is 1.87 bits per heavy atom. The maximum atomic E-state index is 15.2. The molecule has 3 amide bonds. The molecule has 1 unspecified atom stereocenters. The molecule has 0 bridgehead atoms. The zero-order chi connectivity index (χ0) is 27.0. The number of hydrogen-bond donors (Lipinski definition) is 2. The lowest BCUT2D eigenvalue weighted by Gasteiger charge is -2.44. The van der Waals surface area contributed by atoms with Crippen molar-refractivity contribution < 1.29 is 23.2 Å². The number of benzene rings is 2. The van der Waals surface area contributed by atoms with Gasteiger partial charge in [0.25, 0.3) is 5.91 Å². The number of aromatic nitrogens is 1. The van der Waals surface area contributed by atoms with Crippen molar-refractivity contribution >= 4 is 34.2 Å². The van der Waals surface area contributed by atoms with Crippen molar-refractivity contribution in [2.75, 3.05) is 5.32 Å². The van der Waals surface area contributed by atoms with Crippen LogP contribution in [0.15, 0.2) is 54.0 Å². The second-order valence-corrected chi connectivity index (χ2v) is 11.1. The van der Waals surface area contributed by atoms with Crippen LogP contribution in [-0.4, -0.2) is 39.7 Å². The summed E-state index contributed by atoms with van der Waals surface area (Å²) in [7, 11) is 0. The monoisotopic (exact) mass is 538 g/mol. The van der Waals surface area contributed by atoms with Crippen LogP contribution in [0.25, 0.3) is 0 Å². The minimum Gasteiger partial charge on any atom is -0.342 e. The van der Waals surface area contributed by atoms with Gasteiger partial charge in [0.1, 0.15) is 29.8 Å². The molecule has 7 nitrogen and oxygen atoms in total. The van der Waals surface area contributed by atoms with Gasteiger partial charge in [-0.1, -0.05) is 44.2 Å². The van der Waals surface area contributed by atoms with Crippen molar-refractivity contribution in [1.29, 1.82) is 0 Å². The van der Waals surface area contributed by atoms with Crippen LogP contribution < -0.4 is 10.6 Å². The SMILES string of the molecule is CC(C)C[C@@H]1C(=O)NC(C2Cc3ccccc3C2)C(=O)N1[C@@H](C(=O)Nc1nccs1)c1ccc(F)cc1F. The van der Waals surface area contributed by atoms with Crippen LogP contribution in [0.4, 0.5) is 13.9 Å². The highest BCUT2D eigenvalue weighted by molar-refractivity contribution is 7.13. The number of anilines is 1. The average molecular weight is 539 g/mol. The minimum absolute atomic E-state index is 0.00549. The Bertz CT molecular complexity index is 1340. The van der Waals surface area contributed by atoms with Gasteiger partial charge in [-0.15, -0.1) is 11.3 Å². The number of piperazine rings is 1. The quantitative estimate of drug-likeness (QED) is 0.470. The number of rotatable bonds is 7. The molecule has 0 radical (unpaired) electrons. The summed E-state index contributed by atoms with van der Waals surface area (Å²) in [4.78, 5) is 46.7. The zero-order valence-electron chi connectivity index (χ0n) is 21.0. The number of halogens is 2. The molecule has 3 aromatic rings. The summed E-state index contributed by atoms with van der Waals surface area (Å²) in [5.74, 6) is -3.59. The highest BCUT2D eigenvalue weighted by atomic mass is 32.1. The van der Waals surface area contributed by atoms with E-state index in [-0.39, 0.29) is 29.0 Å². The Hall–Kier alpha value is -3.66. The lowest BCUT2D eigenvalue weighted by Crippen LogP contribution is -2.67. The van der Waals surface area contributed by atoms with Gasteiger partial charge in [0.05, 0.1) is 0 Å². The van der Waals surface area contributed by atoms with Gasteiger partial charge in [0, 0.05) is 23.2 Å². The van der Waals surface area contributed by atoms with Crippen LogP contribution in [0.1, 0.15) is 43.0 Å². The fourth-order valence-corrected chi connectivity index (χ4v) is 6.01. The molecule has 2 N–H and O–H groups in total. The first kappa shape index (κ1) is 26.0. The van der Waals surface area contributed by atoms with E-state index in [0.717, 1.165) is 34.6 Å². The lowest BCUT2D eigenvalue weighted by molar-refractivity contribution is -0.157. The highest BCUT2D eigenvalue weighted by Gasteiger charge is 2.50. The van der Waals surface area contributed by atoms with Crippen molar-refractivity contribution in [3.05, 3.63) is 82.4 Å². The molecule has 5 rings (SSSR count). The average Bonchev–Trinajstić information content (AvgIpc) is 3.53. The van der Waals surface area contributed by atoms with E-state index in [2.05, 4.69) is 15.6 Å². The summed E-state index contributed by atoms with van der Waals surface area (Å²) in [6.45, 7) is 3.80. The van der Waals surface area contributed by atoms with E-state index < -0.39 is 47.5 Å². The number of hydrogen-bond acceptors (Lipinski definition) is 5. The molecule has 0 spiro atoms. The van der Waals surface area contributed by atoms with E-state index >= 15 is 4.39 Å². The number of carbonyl (C=O) groups is 3. The van der Waals surface area contributed by atoms with Gasteiger partial charge >= 0.3 is 0 Å². The minimum atomic E-state index is -1.51. The maximum absolute atomic E-state index is 15.2. The summed E-state index contributed by atoms with van der Waals surface area (Å²) in [5.41, 5.74) is 2.03. The van der Waals surface area contributed by atoms with Gasteiger partial charge in [-0.3, -0.25) is 19.7 Å². The van der Waals surface area contributed by atoms with Crippen molar-refractivity contribution in [1.82, 2.24) is 15.2 Å². The molecule has 1 fully saturated rings. The summed E-state index contributed by atoms with van der Waals surface area (Å²) in [5, 5.41) is 7.50. The van der Waals surface area contributed by atoms with Gasteiger partial charge in [0.2, 0.25) is 11.8 Å². The number of fused-ring (bicyclic) bond motifs is 1. The third-order valence-electron chi connectivity index (χ3n) is 7.15. The fraction of sp³-hybridized carbons (Fsp3) is 0.357. The topological polar surface area (TPSA) is 91.4 Å². The number of nitrogens with zero attached hydrogens (tertiary/aromatic N) is 2. The van der Waals surface area contributed by atoms with Crippen molar-refractivity contribution in [2.45, 2.75) is 51.2 Å². The first-order valence-corrected chi connectivity index (χ1v) is 13.5. The number of amides is 3. The van der Waals surface area contributed by atoms with Crippen LogP contribution in [-0.2, 0) is 27.2 Å². The van der Waals surface area contributed by atoms with Gasteiger partial charge in [-0.25, -0.2) is 13.8 Å². The Kier molecular flexibility index (Phi) is 7.25. The Morgan fingerprint density at radius 1 is 1.16 bits per heavy atom. The number of thiazole rings is 1. The third kappa shape index (κ3) is 5.05. The van der Waals surface area contributed by atoms with E-state index in [1.54, 1.807) is 5.38 Å². The third-order valence-corrected chi connectivity index (χ3v) is 7.84. The molecule has 1 aliphatic carbocycles. The van der Waals surface area contributed by atoms with Crippen molar-refractivity contribution in [3.63, 3.8) is 0 Å². The molecule has 10 heteroatoms. The molecule has 2 aromatic carbocycles. The molecule has 3 atom stereocenters. The Balaban J connectivity index is 1.57. The maximum Gasteiger partial charge on any atom is 0.253 e. The molecule has 1 saturated heterocycles. The van der Waals surface area contributed by atoms with Crippen LogP contribution in [0.2, 0.25) is 0 Å². The van der Waals surface area contributed by atoms with Gasteiger partial charge in [-0.2, -0.15) is 0 Å². The summed E-state index contributed by atoms with van der Waals surface area (Å²) >= 11 is 1.16. The van der Waals surface area contributed by atoms with E-state index in [1.165, 1.54) is 11.1 Å². The molecule has 2 aliphatic rings. The molecule has 2 heterocycles. The first-order valence-electron chi connectivity index (χ1n) is 12.6. The first-order chi connectivity index (χ1) is 18.2. The molecule has 0 saturated carbocycles. The van der Waals surface area contributed by atoms with Crippen LogP contribution in [0, 0.1) is 23.5 Å². The van der Waals surface area contributed by atoms with E-state index in [1.807, 2.05) is 38.1 Å². The van der Waals surface area contributed by atoms with Gasteiger partial charge in [0.15, 0.2) is 5.13 Å². The van der Waals surface area contributed by atoms with Crippen molar-refractivity contribution in [3.8, 4) is 0 Å². The van der Waals surface area contributed by atoms with E-state index in [0.29, 0.717) is 18.9 Å². The number of nitrogens with one attached hydrogen (secondary N) is 2. The highest BCUT2D eigenvalue weighted by Crippen LogP contribution is 2.36. The van der Waals surface area contributed by atoms with Crippen LogP contribution in [0.5, 0.6) is 0 Å². The molecule has 1 aliphatic heterocycles. The molecular weight excluding hydrogens is 510 g/mol. The van der Waals surface area contributed by atoms with E-state index in [4.69, 9.17) is 0 Å². The van der Waals surface area contributed by atoms with Crippen molar-refractivity contribution in [2.24, 2.45) is 11.8 Å². The Morgan fingerprint density at radius 3 is 2.47 bits per heavy atom. The predicted octanol–water partition coefficient (Wildman–Crippen LogP) is 4.26. The van der Waals surface area contributed by atoms with Gasteiger partial charge < -0.3 is 10.2 Å². The fourth-order valence-electron chi connectivity index (χ4n) is 5.47. The van der Waals surface area contributed by atoms with Gasteiger partial charge in [-0.05, 0) is 48.3 Å². The zero-order valence-corrected chi connectivity index (χ0v) is 21.8. The molecule has 38 heavy (non-hydrogen) atoms. The molecule has 1 aromatic heterocycles. The standard InChI is InChI=1S/C28H28F2N4O3S/c1-15(2)11-22-25(35)32-23(18-12-16-5-3-4-6-17(16)13-18)27(37)34(22)24(20-8-7-19(29)14-21(20)30)26(36)33-28-31-9-10-38-28/h3-10,14-15,18,22-24H,11-13H2,1-2H3,(H,32,35)(H,31,33,36)/t22-,23?,24-/m1/s1. The predicted molar refractivity (Wildman–Crippen MR) is 139 cm³/mol. The molecule has 198 valence electrons.